The number of hydrogen-bond donors (Lipinski definition) is 2. The average Bonchev–Trinajstić information content (AvgIpc) is 3.30. The lowest BCUT2D eigenvalue weighted by Gasteiger charge is -2.30. The number of amides is 2. The van der Waals surface area contributed by atoms with Crippen LogP contribution < -0.4 is 10.8 Å². The Morgan fingerprint density at radius 3 is 2.96 bits per heavy atom. The van der Waals surface area contributed by atoms with Gasteiger partial charge in [0.05, 0.1) is 24.2 Å². The standard InChI is InChI=1S/C19H25BN4O3/c1-4-11(2)16(23-19(26)27-3)18(25)24-9-5-6-15(24)17-21-13-8-7-12(20)10-14(13)22-17/h7-8,10-11,15-16H,4-6,9H2,1-3H3,(H,21,22)(H,23,26). The molecule has 1 saturated heterocycles. The van der Waals surface area contributed by atoms with Crippen LogP contribution in [-0.2, 0) is 9.53 Å². The van der Waals surface area contributed by atoms with E-state index in [1.165, 1.54) is 7.11 Å². The van der Waals surface area contributed by atoms with Crippen LogP contribution in [0, 0.1) is 5.92 Å². The van der Waals surface area contributed by atoms with Crippen molar-refractivity contribution in [3.63, 3.8) is 0 Å². The molecule has 3 rings (SSSR count). The van der Waals surface area contributed by atoms with Crippen molar-refractivity contribution < 1.29 is 14.3 Å². The molecule has 1 aromatic heterocycles. The maximum Gasteiger partial charge on any atom is 0.407 e. The van der Waals surface area contributed by atoms with Gasteiger partial charge in [0.1, 0.15) is 19.7 Å². The fraction of sp³-hybridized carbons (Fsp3) is 0.526. The van der Waals surface area contributed by atoms with Crippen LogP contribution in [0.15, 0.2) is 18.2 Å². The third-order valence-corrected chi connectivity index (χ3v) is 5.31. The number of ether oxygens (including phenoxy) is 1. The number of H-pyrrole nitrogens is 1. The van der Waals surface area contributed by atoms with E-state index < -0.39 is 12.1 Å². The summed E-state index contributed by atoms with van der Waals surface area (Å²) in [4.78, 5) is 34.7. The second kappa shape index (κ2) is 8.02. The molecule has 2 N–H and O–H groups in total. The number of carbonyl (C=O) groups excluding carboxylic acids is 2. The van der Waals surface area contributed by atoms with Crippen LogP contribution >= 0.6 is 0 Å². The Balaban J connectivity index is 1.86. The number of aromatic nitrogens is 2. The molecule has 27 heavy (non-hydrogen) atoms. The maximum atomic E-state index is 13.2. The predicted octanol–water partition coefficient (Wildman–Crippen LogP) is 1.79. The molecule has 0 aliphatic carbocycles. The van der Waals surface area contributed by atoms with Gasteiger partial charge in [-0.1, -0.05) is 31.8 Å². The average molecular weight is 368 g/mol. The number of benzene rings is 1. The highest BCUT2D eigenvalue weighted by Gasteiger charge is 2.38. The van der Waals surface area contributed by atoms with Gasteiger partial charge in [-0.2, -0.15) is 0 Å². The first-order valence-corrected chi connectivity index (χ1v) is 9.34. The molecule has 1 aromatic carbocycles. The van der Waals surface area contributed by atoms with Gasteiger partial charge in [-0.25, -0.2) is 9.78 Å². The van der Waals surface area contributed by atoms with Crippen molar-refractivity contribution in [1.82, 2.24) is 20.2 Å². The van der Waals surface area contributed by atoms with E-state index in [-0.39, 0.29) is 17.9 Å². The molecule has 0 bridgehead atoms. The van der Waals surface area contributed by atoms with E-state index in [2.05, 4.69) is 15.3 Å². The van der Waals surface area contributed by atoms with Gasteiger partial charge in [-0.15, -0.1) is 0 Å². The number of nitrogens with zero attached hydrogens (tertiary/aromatic N) is 2. The third kappa shape index (κ3) is 3.94. The van der Waals surface area contributed by atoms with Gasteiger partial charge in [0.25, 0.3) is 0 Å². The number of likely N-dealkylation sites (tertiary alicyclic amines) is 1. The number of imidazole rings is 1. The van der Waals surface area contributed by atoms with E-state index in [0.717, 1.165) is 36.1 Å². The van der Waals surface area contributed by atoms with Crippen LogP contribution in [0.2, 0.25) is 0 Å². The zero-order chi connectivity index (χ0) is 19.6. The summed E-state index contributed by atoms with van der Waals surface area (Å²) in [5, 5.41) is 2.70. The molecule has 2 amide bonds. The smallest absolute Gasteiger partial charge is 0.407 e. The molecule has 0 spiro atoms. The van der Waals surface area contributed by atoms with Gasteiger partial charge in [-0.05, 0) is 30.9 Å². The molecule has 3 unspecified atom stereocenters. The molecule has 2 radical (unpaired) electrons. The summed E-state index contributed by atoms with van der Waals surface area (Å²) >= 11 is 0. The molecule has 3 atom stereocenters. The zero-order valence-corrected chi connectivity index (χ0v) is 16.0. The van der Waals surface area contributed by atoms with E-state index in [1.54, 1.807) is 0 Å². The molecular weight excluding hydrogens is 343 g/mol. The lowest BCUT2D eigenvalue weighted by molar-refractivity contribution is -0.135. The van der Waals surface area contributed by atoms with Crippen molar-refractivity contribution in [3.05, 3.63) is 24.0 Å². The minimum atomic E-state index is -0.622. The van der Waals surface area contributed by atoms with Crippen LogP contribution in [0.4, 0.5) is 4.79 Å². The number of nitrogens with one attached hydrogen (secondary N) is 2. The molecule has 7 nitrogen and oxygen atoms in total. The second-order valence-corrected chi connectivity index (χ2v) is 7.09. The first-order valence-electron chi connectivity index (χ1n) is 9.34. The predicted molar refractivity (Wildman–Crippen MR) is 104 cm³/mol. The number of carbonyl (C=O) groups is 2. The van der Waals surface area contributed by atoms with Crippen molar-refractivity contribution in [1.29, 1.82) is 0 Å². The zero-order valence-electron chi connectivity index (χ0n) is 16.0. The number of fused-ring (bicyclic) bond motifs is 1. The highest BCUT2D eigenvalue weighted by molar-refractivity contribution is 6.33. The fourth-order valence-electron chi connectivity index (χ4n) is 3.57. The molecule has 1 fully saturated rings. The van der Waals surface area contributed by atoms with Crippen LogP contribution in [0.1, 0.15) is 45.0 Å². The largest absolute Gasteiger partial charge is 0.453 e. The molecule has 1 aliphatic rings. The molecule has 2 aromatic rings. The summed E-state index contributed by atoms with van der Waals surface area (Å²) in [7, 11) is 7.14. The normalized spacial score (nSPS) is 19.1. The van der Waals surface area contributed by atoms with Crippen LogP contribution in [0.3, 0.4) is 0 Å². The van der Waals surface area contributed by atoms with E-state index in [4.69, 9.17) is 12.6 Å². The molecular formula is C19H25BN4O3. The Kier molecular flexibility index (Phi) is 5.72. The van der Waals surface area contributed by atoms with E-state index in [9.17, 15) is 9.59 Å². The van der Waals surface area contributed by atoms with Crippen LogP contribution in [-0.4, -0.2) is 54.4 Å². The number of hydrogen-bond acceptors (Lipinski definition) is 4. The van der Waals surface area contributed by atoms with Gasteiger partial charge in [0.15, 0.2) is 0 Å². The first kappa shape index (κ1) is 19.3. The SMILES string of the molecule is [B]c1ccc2nc(C3CCCN3C(=O)C(NC(=O)OC)C(C)CC)[nH]c2c1. The summed E-state index contributed by atoms with van der Waals surface area (Å²) in [6.45, 7) is 4.58. The van der Waals surface area contributed by atoms with Crippen molar-refractivity contribution in [2.75, 3.05) is 13.7 Å². The summed E-state index contributed by atoms with van der Waals surface area (Å²) in [5.74, 6) is 0.646. The fourth-order valence-corrected chi connectivity index (χ4v) is 3.57. The lowest BCUT2D eigenvalue weighted by atomic mass is 9.96. The van der Waals surface area contributed by atoms with E-state index >= 15 is 0 Å². The van der Waals surface area contributed by atoms with Gasteiger partial charge in [0.2, 0.25) is 5.91 Å². The van der Waals surface area contributed by atoms with Gasteiger partial charge < -0.3 is 19.9 Å². The molecule has 1 aliphatic heterocycles. The Morgan fingerprint density at radius 1 is 1.48 bits per heavy atom. The molecule has 0 saturated carbocycles. The second-order valence-electron chi connectivity index (χ2n) is 7.09. The number of alkyl carbamates (subject to hydrolysis) is 1. The first-order chi connectivity index (χ1) is 12.9. The Bertz CT molecular complexity index is 837. The summed E-state index contributed by atoms with van der Waals surface area (Å²) in [6, 6.07) is 4.75. The van der Waals surface area contributed by atoms with Crippen molar-refractivity contribution in [2.45, 2.75) is 45.2 Å². The maximum absolute atomic E-state index is 13.2. The molecule has 142 valence electrons. The van der Waals surface area contributed by atoms with Gasteiger partial charge in [0, 0.05) is 6.54 Å². The molecule has 8 heteroatoms. The van der Waals surface area contributed by atoms with E-state index in [0.29, 0.717) is 12.0 Å². The van der Waals surface area contributed by atoms with E-state index in [1.807, 2.05) is 36.9 Å². The minimum absolute atomic E-state index is 0.00618. The third-order valence-electron chi connectivity index (χ3n) is 5.31. The van der Waals surface area contributed by atoms with Crippen molar-refractivity contribution in [2.24, 2.45) is 5.92 Å². The minimum Gasteiger partial charge on any atom is -0.453 e. The Hall–Kier alpha value is -2.51. The van der Waals surface area contributed by atoms with Gasteiger partial charge >= 0.3 is 6.09 Å². The highest BCUT2D eigenvalue weighted by atomic mass is 16.5. The quantitative estimate of drug-likeness (QED) is 0.788. The van der Waals surface area contributed by atoms with Crippen molar-refractivity contribution >= 4 is 36.3 Å². The lowest BCUT2D eigenvalue weighted by Crippen LogP contribution is -2.51. The number of rotatable bonds is 5. The van der Waals surface area contributed by atoms with Crippen LogP contribution in [0.25, 0.3) is 11.0 Å². The Labute approximate surface area is 160 Å². The monoisotopic (exact) mass is 368 g/mol. The summed E-state index contributed by atoms with van der Waals surface area (Å²) in [6.07, 6.45) is 1.89. The summed E-state index contributed by atoms with van der Waals surface area (Å²) < 4.78 is 4.70. The highest BCUT2D eigenvalue weighted by Crippen LogP contribution is 2.32. The Morgan fingerprint density at radius 2 is 2.26 bits per heavy atom. The van der Waals surface area contributed by atoms with Crippen LogP contribution in [0.5, 0.6) is 0 Å². The summed E-state index contributed by atoms with van der Waals surface area (Å²) in [5.41, 5.74) is 2.34. The number of methoxy groups -OCH3 is 1. The number of aromatic amines is 1. The molecule has 2 heterocycles. The van der Waals surface area contributed by atoms with Crippen molar-refractivity contribution in [3.8, 4) is 0 Å². The topological polar surface area (TPSA) is 87.3 Å². The van der Waals surface area contributed by atoms with Gasteiger partial charge in [-0.3, -0.25) is 4.79 Å².